The molecule has 3 aromatic rings. The second-order valence-corrected chi connectivity index (χ2v) is 6.50. The van der Waals surface area contributed by atoms with Crippen LogP contribution in [-0.2, 0) is 7.05 Å². The Balaban J connectivity index is 1.92. The number of nitrogens with zero attached hydrogens (tertiary/aromatic N) is 3. The Labute approximate surface area is 129 Å². The van der Waals surface area contributed by atoms with Gasteiger partial charge in [-0.1, -0.05) is 60.7 Å². The van der Waals surface area contributed by atoms with Crippen molar-refractivity contribution in [3.8, 4) is 22.5 Å². The van der Waals surface area contributed by atoms with Gasteiger partial charge in [0.2, 0.25) is 0 Å². The molecule has 0 bridgehead atoms. The van der Waals surface area contributed by atoms with Gasteiger partial charge in [-0.2, -0.15) is 0 Å². The van der Waals surface area contributed by atoms with Crippen molar-refractivity contribution < 1.29 is 0 Å². The summed E-state index contributed by atoms with van der Waals surface area (Å²) in [4.78, 5) is 0. The molecule has 3 heteroatoms. The van der Waals surface area contributed by atoms with Crippen molar-refractivity contribution in [2.45, 2.75) is 18.8 Å². The van der Waals surface area contributed by atoms with E-state index in [1.54, 1.807) is 0 Å². The number of hydrogen-bond donors (Lipinski definition) is 0. The number of rotatable bonds is 0. The fourth-order valence-corrected chi connectivity index (χ4v) is 4.26. The van der Waals surface area contributed by atoms with Gasteiger partial charge in [0.1, 0.15) is 5.69 Å². The van der Waals surface area contributed by atoms with Gasteiger partial charge < -0.3 is 0 Å². The van der Waals surface area contributed by atoms with Gasteiger partial charge in [-0.05, 0) is 28.9 Å². The van der Waals surface area contributed by atoms with Crippen molar-refractivity contribution in [2.75, 3.05) is 0 Å². The van der Waals surface area contributed by atoms with Gasteiger partial charge in [0.05, 0.1) is 5.69 Å². The highest BCUT2D eigenvalue weighted by atomic mass is 15.4. The second-order valence-electron chi connectivity index (χ2n) is 6.50. The van der Waals surface area contributed by atoms with Crippen molar-refractivity contribution >= 4 is 0 Å². The van der Waals surface area contributed by atoms with Crippen molar-refractivity contribution in [3.63, 3.8) is 0 Å². The lowest BCUT2D eigenvalue weighted by molar-refractivity contribution is 0.720. The van der Waals surface area contributed by atoms with Crippen LogP contribution in [0.5, 0.6) is 0 Å². The molecule has 1 heterocycles. The third-order valence-electron chi connectivity index (χ3n) is 5.36. The highest BCUT2D eigenvalue weighted by molar-refractivity contribution is 5.84. The first-order valence-electron chi connectivity index (χ1n) is 7.85. The predicted octanol–water partition coefficient (Wildman–Crippen LogP) is 3.98. The molecule has 3 unspecified atom stereocenters. The molecule has 1 saturated carbocycles. The van der Waals surface area contributed by atoms with E-state index in [2.05, 4.69) is 65.8 Å². The number of benzene rings is 2. The van der Waals surface area contributed by atoms with Gasteiger partial charge in [-0.3, -0.25) is 0 Å². The second kappa shape index (κ2) is 4.07. The lowest BCUT2D eigenvalue weighted by atomic mass is 9.89. The normalized spacial score (nSPS) is 24.4. The minimum atomic E-state index is 0.604. The van der Waals surface area contributed by atoms with Crippen LogP contribution >= 0.6 is 0 Å². The molecule has 2 aliphatic carbocycles. The third-order valence-corrected chi connectivity index (χ3v) is 5.36. The number of aryl methyl sites for hydroxylation is 1. The monoisotopic (exact) mass is 287 g/mol. The first-order chi connectivity index (χ1) is 10.8. The Kier molecular flexibility index (Phi) is 2.25. The molecule has 0 aliphatic heterocycles. The molecule has 0 N–H and O–H groups in total. The fraction of sp³-hybridized carbons (Fsp3) is 0.263. The largest absolute Gasteiger partial charge is 0.247 e. The molecule has 0 spiro atoms. The summed E-state index contributed by atoms with van der Waals surface area (Å²) in [7, 11) is 1.99. The van der Waals surface area contributed by atoms with E-state index in [9.17, 15) is 0 Å². The van der Waals surface area contributed by atoms with Crippen LogP contribution in [-0.4, -0.2) is 15.0 Å². The fourth-order valence-electron chi connectivity index (χ4n) is 4.26. The van der Waals surface area contributed by atoms with Crippen molar-refractivity contribution in [1.29, 1.82) is 0 Å². The SMILES string of the molecule is CC1C2c3ccccc3-c3nnn(C)c3-c3ccccc3C12. The minimum absolute atomic E-state index is 0.604. The summed E-state index contributed by atoms with van der Waals surface area (Å²) in [6, 6.07) is 17.5. The minimum Gasteiger partial charge on any atom is -0.247 e. The lowest BCUT2D eigenvalue weighted by Gasteiger charge is -2.16. The van der Waals surface area contributed by atoms with E-state index in [0.717, 1.165) is 11.4 Å². The summed E-state index contributed by atoms with van der Waals surface area (Å²) in [6.07, 6.45) is 0. The Morgan fingerprint density at radius 1 is 0.864 bits per heavy atom. The standard InChI is InChI=1S/C19H17N3/c1-11-16-12-7-3-5-9-14(12)18-19(22(2)21-20-18)15-10-6-4-8-13(15)17(11)16/h3-11,16-17H,1-2H3. The average molecular weight is 287 g/mol. The summed E-state index contributed by atoms with van der Waals surface area (Å²) in [5, 5.41) is 8.79. The van der Waals surface area contributed by atoms with Crippen LogP contribution in [0.15, 0.2) is 48.5 Å². The Bertz CT molecular complexity index is 893. The zero-order valence-corrected chi connectivity index (χ0v) is 12.7. The van der Waals surface area contributed by atoms with Crippen LogP contribution in [0, 0.1) is 5.92 Å². The Morgan fingerprint density at radius 3 is 2.18 bits per heavy atom. The van der Waals surface area contributed by atoms with Crippen LogP contribution in [0.2, 0.25) is 0 Å². The van der Waals surface area contributed by atoms with Gasteiger partial charge in [-0.25, -0.2) is 4.68 Å². The number of aromatic nitrogens is 3. The molecule has 108 valence electrons. The summed E-state index contributed by atoms with van der Waals surface area (Å²) >= 11 is 0. The van der Waals surface area contributed by atoms with Gasteiger partial charge in [0.25, 0.3) is 0 Å². The molecule has 3 atom stereocenters. The molecule has 0 saturated heterocycles. The zero-order valence-electron chi connectivity index (χ0n) is 12.7. The van der Waals surface area contributed by atoms with E-state index in [4.69, 9.17) is 0 Å². The van der Waals surface area contributed by atoms with Crippen LogP contribution in [0.3, 0.4) is 0 Å². The molecule has 0 radical (unpaired) electrons. The highest BCUT2D eigenvalue weighted by Gasteiger charge is 2.51. The molecule has 2 aromatic carbocycles. The molecule has 5 rings (SSSR count). The van der Waals surface area contributed by atoms with Crippen LogP contribution < -0.4 is 0 Å². The first-order valence-corrected chi connectivity index (χ1v) is 7.85. The topological polar surface area (TPSA) is 30.7 Å². The number of fused-ring (bicyclic) bond motifs is 8. The quantitative estimate of drug-likeness (QED) is 0.626. The molecule has 22 heavy (non-hydrogen) atoms. The van der Waals surface area contributed by atoms with E-state index in [-0.39, 0.29) is 0 Å². The summed E-state index contributed by atoms with van der Waals surface area (Å²) in [6.45, 7) is 2.37. The van der Waals surface area contributed by atoms with Gasteiger partial charge in [0, 0.05) is 18.2 Å². The van der Waals surface area contributed by atoms with E-state index >= 15 is 0 Å². The van der Waals surface area contributed by atoms with Gasteiger partial charge >= 0.3 is 0 Å². The molecular weight excluding hydrogens is 270 g/mol. The van der Waals surface area contributed by atoms with E-state index in [1.165, 1.54) is 22.3 Å². The third kappa shape index (κ3) is 1.41. The summed E-state index contributed by atoms with van der Waals surface area (Å²) in [5.74, 6) is 1.90. The van der Waals surface area contributed by atoms with E-state index < -0.39 is 0 Å². The first kappa shape index (κ1) is 12.2. The maximum absolute atomic E-state index is 4.49. The molecule has 1 fully saturated rings. The maximum atomic E-state index is 4.49. The van der Waals surface area contributed by atoms with E-state index in [0.29, 0.717) is 17.8 Å². The maximum Gasteiger partial charge on any atom is 0.121 e. The highest BCUT2D eigenvalue weighted by Crippen LogP contribution is 2.64. The molecular formula is C19H17N3. The molecule has 0 amide bonds. The van der Waals surface area contributed by atoms with Gasteiger partial charge in [0.15, 0.2) is 0 Å². The smallest absolute Gasteiger partial charge is 0.121 e. The van der Waals surface area contributed by atoms with Crippen LogP contribution in [0.4, 0.5) is 0 Å². The van der Waals surface area contributed by atoms with Crippen molar-refractivity contribution in [2.24, 2.45) is 13.0 Å². The van der Waals surface area contributed by atoms with Crippen molar-refractivity contribution in [3.05, 3.63) is 59.7 Å². The van der Waals surface area contributed by atoms with Crippen molar-refractivity contribution in [1.82, 2.24) is 15.0 Å². The molecule has 3 nitrogen and oxygen atoms in total. The van der Waals surface area contributed by atoms with Crippen LogP contribution in [0.1, 0.15) is 29.9 Å². The zero-order chi connectivity index (χ0) is 14.8. The Morgan fingerprint density at radius 2 is 1.45 bits per heavy atom. The summed E-state index contributed by atoms with van der Waals surface area (Å²) < 4.78 is 1.92. The molecule has 2 aliphatic rings. The van der Waals surface area contributed by atoms with E-state index in [1.807, 2.05) is 11.7 Å². The van der Waals surface area contributed by atoms with Gasteiger partial charge in [-0.15, -0.1) is 5.10 Å². The predicted molar refractivity (Wildman–Crippen MR) is 86.5 cm³/mol. The Hall–Kier alpha value is -2.42. The number of hydrogen-bond acceptors (Lipinski definition) is 2. The van der Waals surface area contributed by atoms with Crippen LogP contribution in [0.25, 0.3) is 22.5 Å². The molecule has 1 aromatic heterocycles. The summed E-state index contributed by atoms with van der Waals surface area (Å²) in [5.41, 5.74) is 7.57. The average Bonchev–Trinajstić information content (AvgIpc) is 3.04. The lowest BCUT2D eigenvalue weighted by Crippen LogP contribution is -2.01.